The number of ketones is 1. The number of H-pyrrole nitrogens is 1. The van der Waals surface area contributed by atoms with Gasteiger partial charge in [0.05, 0.1) is 6.20 Å². The number of aromatic amines is 1. The van der Waals surface area contributed by atoms with Crippen molar-refractivity contribution in [2.24, 2.45) is 11.8 Å². The summed E-state index contributed by atoms with van der Waals surface area (Å²) < 4.78 is 20.5. The molecule has 4 aliphatic rings. The molecule has 4 atom stereocenters. The van der Waals surface area contributed by atoms with Gasteiger partial charge in [-0.15, -0.1) is 0 Å². The molecule has 10 bridgehead atoms. The summed E-state index contributed by atoms with van der Waals surface area (Å²) in [5.41, 5.74) is 7.76. The van der Waals surface area contributed by atoms with E-state index >= 15 is 0 Å². The molecule has 0 fully saturated rings. The predicted molar refractivity (Wildman–Crippen MR) is 196 cm³/mol. The Balaban J connectivity index is 1.28. The van der Waals surface area contributed by atoms with Crippen LogP contribution >= 0.6 is 0 Å². The highest BCUT2D eigenvalue weighted by Crippen LogP contribution is 2.61. The minimum Gasteiger partial charge on any atom is -0.469 e. The van der Waals surface area contributed by atoms with Crippen LogP contribution < -0.4 is 15.4 Å². The Hall–Kier alpha value is -5.90. The number of hydrogen-bond donors (Lipinski definition) is 3. The average molecular weight is 692 g/mol. The van der Waals surface area contributed by atoms with E-state index in [1.807, 2.05) is 52.1 Å². The molecule has 3 N–H and O–H groups in total. The molecule has 3 aromatic carbocycles. The molecule has 10 heteroatoms. The first-order valence-corrected chi connectivity index (χ1v) is 18.0. The van der Waals surface area contributed by atoms with Gasteiger partial charge in [-0.3, -0.25) is 9.59 Å². The number of anilines is 1. The number of para-hydroxylation sites is 1. The molecule has 1 unspecified atom stereocenters. The second-order valence-corrected chi connectivity index (χ2v) is 14.8. The monoisotopic (exact) mass is 691 g/mol. The first-order valence-electron chi connectivity index (χ1n) is 18.0. The number of oxazole rings is 2. The van der Waals surface area contributed by atoms with Crippen LogP contribution in [-0.2, 0) is 21.4 Å². The van der Waals surface area contributed by atoms with Crippen LogP contribution in [0, 0.1) is 11.8 Å². The van der Waals surface area contributed by atoms with Crippen molar-refractivity contribution < 1.29 is 23.2 Å². The number of carbonyl (C=O) groups is 2. The quantitative estimate of drug-likeness (QED) is 0.154. The molecule has 0 radical (unpaired) electrons. The molecule has 6 aromatic rings. The van der Waals surface area contributed by atoms with Gasteiger partial charge in [0.1, 0.15) is 17.2 Å². The van der Waals surface area contributed by atoms with Gasteiger partial charge in [0.25, 0.3) is 0 Å². The summed E-state index contributed by atoms with van der Waals surface area (Å²) in [6, 6.07) is 18.1. The highest BCUT2D eigenvalue weighted by molar-refractivity contribution is 6.07. The Labute approximate surface area is 299 Å². The lowest BCUT2D eigenvalue weighted by atomic mass is 9.72. The fourth-order valence-corrected chi connectivity index (χ4v) is 8.78. The molecule has 7 heterocycles. The number of carbonyl (C=O) groups excluding carboxylic acids is 2. The molecular weight excluding hydrogens is 654 g/mol. The number of Topliss-reactive ketones (excluding diaryl/α,β-unsaturated/α-hetero) is 1. The van der Waals surface area contributed by atoms with Gasteiger partial charge in [-0.05, 0) is 54.5 Å². The first kappa shape index (κ1) is 30.9. The van der Waals surface area contributed by atoms with Crippen molar-refractivity contribution in [2.45, 2.75) is 64.6 Å². The summed E-state index contributed by atoms with van der Waals surface area (Å²) >= 11 is 0. The highest BCUT2D eigenvalue weighted by Gasteiger charge is 2.61. The Bertz CT molecular complexity index is 2520. The number of benzene rings is 3. The van der Waals surface area contributed by atoms with Crippen molar-refractivity contribution in [2.75, 3.05) is 5.32 Å². The molecule has 0 aliphatic carbocycles. The molecule has 1 spiro atoms. The number of amides is 1. The van der Waals surface area contributed by atoms with E-state index in [0.29, 0.717) is 46.7 Å². The largest absolute Gasteiger partial charge is 0.469 e. The Morgan fingerprint density at radius 1 is 1.04 bits per heavy atom. The summed E-state index contributed by atoms with van der Waals surface area (Å²) in [7, 11) is 0. The zero-order valence-electron chi connectivity index (χ0n) is 29.3. The van der Waals surface area contributed by atoms with Crippen LogP contribution in [-0.4, -0.2) is 32.9 Å². The van der Waals surface area contributed by atoms with Crippen LogP contribution in [0.15, 0.2) is 87.5 Å². The van der Waals surface area contributed by atoms with Crippen molar-refractivity contribution in [3.05, 3.63) is 107 Å². The number of hydrogen-bond acceptors (Lipinski definition) is 8. The number of rotatable bonds is 5. The van der Waals surface area contributed by atoms with Gasteiger partial charge < -0.3 is 29.2 Å². The van der Waals surface area contributed by atoms with Crippen LogP contribution in [0.1, 0.15) is 74.9 Å². The van der Waals surface area contributed by atoms with Gasteiger partial charge >= 0.3 is 0 Å². The van der Waals surface area contributed by atoms with Crippen LogP contribution in [0.5, 0.6) is 5.75 Å². The number of nitrogens with zero attached hydrogens (tertiary/aromatic N) is 2. The number of aromatic nitrogens is 3. The van der Waals surface area contributed by atoms with Crippen molar-refractivity contribution in [1.29, 1.82) is 0 Å². The zero-order valence-corrected chi connectivity index (χ0v) is 29.3. The SMILES string of the molecule is CC/C=C(\C)C(=O)C[C@H]1Cc2ccc3c(c2)C24c5cccc(c5N[C@H]2O3)-c2cccc3[nH]cc(c23)-c2cnc(o2)-c2nc(oc24)[C@H](C(C)C)NC1=O. The smallest absolute Gasteiger partial charge is 0.249 e. The van der Waals surface area contributed by atoms with Gasteiger partial charge in [-0.2, -0.15) is 0 Å². The minimum atomic E-state index is -1.00. The lowest BCUT2D eigenvalue weighted by molar-refractivity contribution is -0.129. The maximum absolute atomic E-state index is 14.3. The van der Waals surface area contributed by atoms with Crippen molar-refractivity contribution >= 4 is 28.3 Å². The van der Waals surface area contributed by atoms with Gasteiger partial charge in [0.15, 0.2) is 29.2 Å². The summed E-state index contributed by atoms with van der Waals surface area (Å²) in [6.45, 7) is 7.87. The molecular formula is C42H37N5O5. The highest BCUT2D eigenvalue weighted by atomic mass is 16.5. The summed E-state index contributed by atoms with van der Waals surface area (Å²) in [6.07, 6.45) is 6.21. The molecule has 10 rings (SSSR count). The molecule has 52 heavy (non-hydrogen) atoms. The fourth-order valence-electron chi connectivity index (χ4n) is 8.78. The van der Waals surface area contributed by atoms with E-state index in [1.165, 1.54) is 0 Å². The first-order chi connectivity index (χ1) is 25.3. The Morgan fingerprint density at radius 3 is 2.73 bits per heavy atom. The number of ether oxygens (including phenoxy) is 1. The third kappa shape index (κ3) is 4.17. The molecule has 1 amide bonds. The van der Waals surface area contributed by atoms with Crippen molar-refractivity contribution in [3.8, 4) is 39.8 Å². The zero-order chi connectivity index (χ0) is 35.5. The van der Waals surface area contributed by atoms with Gasteiger partial charge in [-0.1, -0.05) is 69.3 Å². The average Bonchev–Trinajstić information content (AvgIpc) is 3.96. The number of fused-ring (bicyclic) bond motifs is 7. The van der Waals surface area contributed by atoms with E-state index in [0.717, 1.165) is 56.4 Å². The maximum atomic E-state index is 14.3. The third-order valence-corrected chi connectivity index (χ3v) is 11.3. The lowest BCUT2D eigenvalue weighted by Gasteiger charge is -2.28. The van der Waals surface area contributed by atoms with Crippen molar-refractivity contribution in [3.63, 3.8) is 0 Å². The standard InChI is InChI=1S/C42H37N5O5/c1-5-8-21(4)30(48)17-23-15-22-13-14-31-28(16-22)42-27-11-6-10-25(35(27)47-41(42)51-31)24-9-7-12-29-33(24)26(18-43-29)32-19-44-39(50-32)36-37(42)52-40(46-36)34(20(2)3)45-38(23)49/h6-14,16,18-20,23,34,41,43,47H,5,15,17H2,1-4H3,(H,45,49)/b21-8+/t23-,34+,41+,42?/m1/s1. The second-order valence-electron chi connectivity index (χ2n) is 14.8. The number of allylic oxidation sites excluding steroid dienone is 2. The molecule has 3 aromatic heterocycles. The Morgan fingerprint density at radius 2 is 1.88 bits per heavy atom. The minimum absolute atomic E-state index is 0.0381. The van der Waals surface area contributed by atoms with E-state index in [-0.39, 0.29) is 24.0 Å². The molecule has 0 saturated carbocycles. The normalized spacial score (nSPS) is 22.3. The molecule has 10 nitrogen and oxygen atoms in total. The van der Waals surface area contributed by atoms with Crippen LogP contribution in [0.4, 0.5) is 5.69 Å². The third-order valence-electron chi connectivity index (χ3n) is 11.3. The summed E-state index contributed by atoms with van der Waals surface area (Å²) in [4.78, 5) is 41.1. The van der Waals surface area contributed by atoms with Crippen LogP contribution in [0.3, 0.4) is 0 Å². The van der Waals surface area contributed by atoms with E-state index in [1.54, 1.807) is 6.20 Å². The topological polar surface area (TPSA) is 135 Å². The Kier molecular flexibility index (Phi) is 6.56. The van der Waals surface area contributed by atoms with Gasteiger partial charge in [0, 0.05) is 57.4 Å². The van der Waals surface area contributed by atoms with Gasteiger partial charge in [0.2, 0.25) is 17.7 Å². The summed E-state index contributed by atoms with van der Waals surface area (Å²) in [5.74, 6) is 1.49. The van der Waals surface area contributed by atoms with E-state index < -0.39 is 23.6 Å². The van der Waals surface area contributed by atoms with Crippen LogP contribution in [0.2, 0.25) is 0 Å². The fraction of sp³-hybridized carbons (Fsp3) is 0.286. The molecule has 4 aliphatic heterocycles. The predicted octanol–water partition coefficient (Wildman–Crippen LogP) is 8.24. The lowest BCUT2D eigenvalue weighted by Crippen LogP contribution is -2.40. The van der Waals surface area contributed by atoms with E-state index in [2.05, 4.69) is 58.1 Å². The second kappa shape index (κ2) is 11.0. The summed E-state index contributed by atoms with van der Waals surface area (Å²) in [5, 5.41) is 8.07. The maximum Gasteiger partial charge on any atom is 0.249 e. The van der Waals surface area contributed by atoms with E-state index in [4.69, 9.17) is 23.5 Å². The van der Waals surface area contributed by atoms with Gasteiger partial charge in [-0.25, -0.2) is 9.97 Å². The molecule has 0 saturated heterocycles. The molecule has 260 valence electrons. The van der Waals surface area contributed by atoms with Crippen LogP contribution in [0.25, 0.3) is 44.9 Å². The number of nitrogens with one attached hydrogen (secondary N) is 3. The van der Waals surface area contributed by atoms with Crippen molar-refractivity contribution in [1.82, 2.24) is 20.3 Å². The van der Waals surface area contributed by atoms with E-state index in [9.17, 15) is 9.59 Å².